The topological polar surface area (TPSA) is 86.7 Å². The maximum absolute atomic E-state index is 12.4. The van der Waals surface area contributed by atoms with Crippen LogP contribution in [0.1, 0.15) is 27.9 Å². The Kier molecular flexibility index (Phi) is 7.13. The first-order valence-electron chi connectivity index (χ1n) is 9.36. The van der Waals surface area contributed by atoms with Crippen LogP contribution in [0, 0.1) is 0 Å². The Balaban J connectivity index is 1.52. The van der Waals surface area contributed by atoms with Gasteiger partial charge in [0.2, 0.25) is 0 Å². The first-order chi connectivity index (χ1) is 14.4. The van der Waals surface area contributed by atoms with Gasteiger partial charge in [-0.2, -0.15) is 0 Å². The number of benzene rings is 2. The van der Waals surface area contributed by atoms with E-state index in [2.05, 4.69) is 5.32 Å². The Labute approximate surface area is 184 Å². The molecule has 2 amide bonds. The molecule has 0 atom stereocenters. The van der Waals surface area contributed by atoms with Gasteiger partial charge in [0.25, 0.3) is 11.8 Å². The minimum absolute atomic E-state index is 0.00854. The number of nitrogens with zero attached hydrogens (tertiary/aromatic N) is 1. The van der Waals surface area contributed by atoms with Crippen LogP contribution >= 0.6 is 23.2 Å². The number of halogens is 2. The van der Waals surface area contributed by atoms with Crippen molar-refractivity contribution in [3.05, 3.63) is 80.5 Å². The number of rotatable bonds is 8. The number of aldehydes is 1. The lowest BCUT2D eigenvalue weighted by molar-refractivity contribution is -0.128. The molecule has 0 radical (unpaired) electrons. The molecule has 156 valence electrons. The van der Waals surface area contributed by atoms with Gasteiger partial charge < -0.3 is 15.3 Å². The van der Waals surface area contributed by atoms with Crippen LogP contribution in [0.4, 0.5) is 0 Å². The highest BCUT2D eigenvalue weighted by atomic mass is 35.5. The number of nitrogens with one attached hydrogen (secondary N) is 1. The zero-order valence-corrected chi connectivity index (χ0v) is 17.5. The van der Waals surface area contributed by atoms with Gasteiger partial charge in [0.05, 0.1) is 22.2 Å². The molecule has 2 aromatic rings. The van der Waals surface area contributed by atoms with Gasteiger partial charge in [-0.3, -0.25) is 14.4 Å². The summed E-state index contributed by atoms with van der Waals surface area (Å²) in [6.45, 7) is 0.582. The molecule has 1 aliphatic rings. The first-order valence-corrected chi connectivity index (χ1v) is 10.1. The van der Waals surface area contributed by atoms with E-state index in [0.29, 0.717) is 35.0 Å². The Morgan fingerprint density at radius 3 is 2.67 bits per heavy atom. The minimum atomic E-state index is -0.604. The molecule has 0 saturated heterocycles. The third-order valence-electron chi connectivity index (χ3n) is 4.77. The third kappa shape index (κ3) is 5.20. The summed E-state index contributed by atoms with van der Waals surface area (Å²) in [7, 11) is 0. The molecule has 1 heterocycles. The molecule has 0 spiro atoms. The van der Waals surface area contributed by atoms with Crippen molar-refractivity contribution in [1.82, 2.24) is 10.2 Å². The summed E-state index contributed by atoms with van der Waals surface area (Å²) in [6, 6.07) is 12.2. The van der Waals surface area contributed by atoms with Crippen LogP contribution in [0.15, 0.2) is 53.8 Å². The van der Waals surface area contributed by atoms with Crippen molar-refractivity contribution in [2.24, 2.45) is 0 Å². The zero-order chi connectivity index (χ0) is 21.7. The number of aryl methyl sites for hydroxylation is 1. The fourth-order valence-electron chi connectivity index (χ4n) is 3.20. The molecule has 30 heavy (non-hydrogen) atoms. The van der Waals surface area contributed by atoms with E-state index in [1.807, 2.05) is 6.07 Å². The number of carbonyl (C=O) groups excluding carboxylic acids is 3. The molecule has 2 aromatic carbocycles. The van der Waals surface area contributed by atoms with Gasteiger partial charge in [0.15, 0.2) is 5.76 Å². The van der Waals surface area contributed by atoms with E-state index in [1.54, 1.807) is 36.4 Å². The second-order valence-corrected chi connectivity index (χ2v) is 7.77. The highest BCUT2D eigenvalue weighted by Gasteiger charge is 2.33. The second kappa shape index (κ2) is 9.78. The van der Waals surface area contributed by atoms with E-state index >= 15 is 0 Å². The fraction of sp³-hybridized carbons (Fsp3) is 0.227. The van der Waals surface area contributed by atoms with Gasteiger partial charge in [-0.05, 0) is 42.2 Å². The molecule has 1 aliphatic heterocycles. The Bertz CT molecular complexity index is 1020. The molecule has 8 heteroatoms. The Hall–Kier alpha value is -2.83. The second-order valence-electron chi connectivity index (χ2n) is 6.96. The van der Waals surface area contributed by atoms with E-state index in [1.165, 1.54) is 4.90 Å². The first kappa shape index (κ1) is 21.9. The summed E-state index contributed by atoms with van der Waals surface area (Å²) in [5.74, 6) is -1.62. The molecule has 0 unspecified atom stereocenters. The molecule has 6 nitrogen and oxygen atoms in total. The normalized spacial score (nSPS) is 13.7. The number of hydrogen-bond acceptors (Lipinski definition) is 4. The third-order valence-corrected chi connectivity index (χ3v) is 5.51. The van der Waals surface area contributed by atoms with Crippen LogP contribution in [-0.4, -0.2) is 41.2 Å². The van der Waals surface area contributed by atoms with Crippen LogP contribution in [0.2, 0.25) is 10.0 Å². The average molecular weight is 447 g/mol. The average Bonchev–Trinajstić information content (AvgIpc) is 3.02. The number of aliphatic hydroxyl groups excluding tert-OH is 1. The van der Waals surface area contributed by atoms with E-state index < -0.39 is 17.6 Å². The SMILES string of the molecule is O=Cc1cccc(CN2CC(C(=O)NCCCc3ccc(Cl)c(Cl)c3)=C(O)C2=O)c1. The molecule has 3 rings (SSSR count). The number of hydrogen-bond donors (Lipinski definition) is 2. The van der Waals surface area contributed by atoms with Crippen molar-refractivity contribution in [3.63, 3.8) is 0 Å². The van der Waals surface area contributed by atoms with E-state index in [4.69, 9.17) is 23.2 Å². The van der Waals surface area contributed by atoms with E-state index in [9.17, 15) is 19.5 Å². The van der Waals surface area contributed by atoms with Crippen LogP contribution in [-0.2, 0) is 22.6 Å². The summed E-state index contributed by atoms with van der Waals surface area (Å²) in [5, 5.41) is 13.8. The summed E-state index contributed by atoms with van der Waals surface area (Å²) in [4.78, 5) is 37.0. The van der Waals surface area contributed by atoms with Crippen molar-refractivity contribution >= 4 is 41.3 Å². The minimum Gasteiger partial charge on any atom is -0.503 e. The summed E-state index contributed by atoms with van der Waals surface area (Å²) >= 11 is 11.9. The standard InChI is InChI=1S/C22H20Cl2N2O4/c23-18-7-6-14(10-19(18)24)5-2-8-25-21(29)17-12-26(22(30)20(17)28)11-15-3-1-4-16(9-15)13-27/h1,3-4,6-7,9-10,13,28H,2,5,8,11-12H2,(H,25,29). The van der Waals surface area contributed by atoms with Crippen LogP contribution in [0.5, 0.6) is 0 Å². The molecule has 2 N–H and O–H groups in total. The number of carbonyl (C=O) groups is 3. The number of amides is 2. The Morgan fingerprint density at radius 1 is 1.13 bits per heavy atom. The van der Waals surface area contributed by atoms with Gasteiger partial charge in [-0.1, -0.05) is 47.5 Å². The van der Waals surface area contributed by atoms with E-state index in [-0.39, 0.29) is 18.7 Å². The summed E-state index contributed by atoms with van der Waals surface area (Å²) in [6.07, 6.45) is 2.08. The van der Waals surface area contributed by atoms with Crippen molar-refractivity contribution in [3.8, 4) is 0 Å². The highest BCUT2D eigenvalue weighted by molar-refractivity contribution is 6.42. The van der Waals surface area contributed by atoms with Gasteiger partial charge in [-0.15, -0.1) is 0 Å². The zero-order valence-electron chi connectivity index (χ0n) is 16.0. The van der Waals surface area contributed by atoms with Crippen molar-refractivity contribution in [1.29, 1.82) is 0 Å². The molecule has 0 fully saturated rings. The maximum atomic E-state index is 12.4. The predicted octanol–water partition coefficient (Wildman–Crippen LogP) is 3.71. The van der Waals surface area contributed by atoms with Crippen LogP contribution in [0.3, 0.4) is 0 Å². The van der Waals surface area contributed by atoms with Crippen molar-refractivity contribution in [2.75, 3.05) is 13.1 Å². The van der Waals surface area contributed by atoms with Crippen LogP contribution < -0.4 is 5.32 Å². The summed E-state index contributed by atoms with van der Waals surface area (Å²) in [5.41, 5.74) is 2.28. The number of aliphatic hydroxyl groups is 1. The highest BCUT2D eigenvalue weighted by Crippen LogP contribution is 2.23. The van der Waals surface area contributed by atoms with Gasteiger partial charge in [0.1, 0.15) is 6.29 Å². The van der Waals surface area contributed by atoms with Gasteiger partial charge >= 0.3 is 0 Å². The molecule has 0 aliphatic carbocycles. The van der Waals surface area contributed by atoms with Gasteiger partial charge in [0, 0.05) is 18.7 Å². The molecule has 0 aromatic heterocycles. The van der Waals surface area contributed by atoms with Crippen molar-refractivity contribution in [2.45, 2.75) is 19.4 Å². The summed E-state index contributed by atoms with van der Waals surface area (Å²) < 4.78 is 0. The lowest BCUT2D eigenvalue weighted by Crippen LogP contribution is -2.30. The maximum Gasteiger partial charge on any atom is 0.289 e. The fourth-order valence-corrected chi connectivity index (χ4v) is 3.53. The molecular formula is C22H20Cl2N2O4. The smallest absolute Gasteiger partial charge is 0.289 e. The predicted molar refractivity (Wildman–Crippen MR) is 115 cm³/mol. The van der Waals surface area contributed by atoms with Gasteiger partial charge in [-0.25, -0.2) is 0 Å². The molecule has 0 saturated carbocycles. The van der Waals surface area contributed by atoms with E-state index in [0.717, 1.165) is 17.4 Å². The lowest BCUT2D eigenvalue weighted by Gasteiger charge is -2.16. The largest absolute Gasteiger partial charge is 0.503 e. The quantitative estimate of drug-likeness (QED) is 0.477. The van der Waals surface area contributed by atoms with Crippen LogP contribution in [0.25, 0.3) is 0 Å². The van der Waals surface area contributed by atoms with Crippen molar-refractivity contribution < 1.29 is 19.5 Å². The molecule has 0 bridgehead atoms. The Morgan fingerprint density at radius 2 is 1.93 bits per heavy atom. The lowest BCUT2D eigenvalue weighted by atomic mass is 10.1. The molecular weight excluding hydrogens is 427 g/mol. The monoisotopic (exact) mass is 446 g/mol.